The largest absolute Gasteiger partial charge is 0.492 e. The molecule has 6 heteroatoms. The molecule has 5 nitrogen and oxygen atoms in total. The molecule has 3 aromatic rings. The molecular formula is C18H14ClNO4. The summed E-state index contributed by atoms with van der Waals surface area (Å²) in [6.07, 6.45) is 0. The Morgan fingerprint density at radius 1 is 1.21 bits per heavy atom. The molecule has 1 aromatic heterocycles. The number of rotatable bonds is 4. The lowest BCUT2D eigenvalue weighted by Gasteiger charge is -2.09. The van der Waals surface area contributed by atoms with Crippen LogP contribution in [-0.2, 0) is 0 Å². The Morgan fingerprint density at radius 3 is 2.75 bits per heavy atom. The monoisotopic (exact) mass is 343 g/mol. The molecule has 0 spiro atoms. The van der Waals surface area contributed by atoms with Crippen LogP contribution < -0.4 is 15.5 Å². The zero-order chi connectivity index (χ0) is 17.1. The maximum absolute atomic E-state index is 12.3. The second-order valence-corrected chi connectivity index (χ2v) is 5.41. The van der Waals surface area contributed by atoms with Crippen molar-refractivity contribution in [1.82, 2.24) is 0 Å². The first-order valence-electron chi connectivity index (χ1n) is 7.35. The molecule has 1 amide bonds. The van der Waals surface area contributed by atoms with Crippen LogP contribution >= 0.6 is 11.6 Å². The number of nitrogens with one attached hydrogen (secondary N) is 1. The molecule has 0 radical (unpaired) electrons. The van der Waals surface area contributed by atoms with E-state index in [9.17, 15) is 9.59 Å². The van der Waals surface area contributed by atoms with E-state index in [-0.39, 0.29) is 11.2 Å². The lowest BCUT2D eigenvalue weighted by Crippen LogP contribution is -2.15. The van der Waals surface area contributed by atoms with E-state index in [1.165, 1.54) is 6.07 Å². The van der Waals surface area contributed by atoms with Gasteiger partial charge in [0.25, 0.3) is 5.91 Å². The van der Waals surface area contributed by atoms with Crippen LogP contribution in [0, 0.1) is 0 Å². The molecule has 0 saturated heterocycles. The van der Waals surface area contributed by atoms with Crippen molar-refractivity contribution in [1.29, 1.82) is 0 Å². The topological polar surface area (TPSA) is 68.5 Å². The molecule has 122 valence electrons. The van der Waals surface area contributed by atoms with Gasteiger partial charge in [-0.1, -0.05) is 23.7 Å². The standard InChI is InChI=1S/C18H14ClNO4/c1-2-23-16-8-7-11(9-13(16)19)20-18(22)17-10-14(21)12-5-3-4-6-15(12)24-17/h3-10H,2H2,1H3,(H,20,22). The Labute approximate surface area is 142 Å². The van der Waals surface area contributed by atoms with Gasteiger partial charge in [0.15, 0.2) is 11.2 Å². The maximum Gasteiger partial charge on any atom is 0.291 e. The molecule has 0 aliphatic carbocycles. The van der Waals surface area contributed by atoms with Crippen LogP contribution in [-0.4, -0.2) is 12.5 Å². The van der Waals surface area contributed by atoms with Gasteiger partial charge in [0.1, 0.15) is 11.3 Å². The Hall–Kier alpha value is -2.79. The summed E-state index contributed by atoms with van der Waals surface area (Å²) in [6.45, 7) is 2.35. The molecule has 0 unspecified atom stereocenters. The van der Waals surface area contributed by atoms with Gasteiger partial charge in [-0.3, -0.25) is 9.59 Å². The van der Waals surface area contributed by atoms with Crippen molar-refractivity contribution in [3.8, 4) is 5.75 Å². The summed E-state index contributed by atoms with van der Waals surface area (Å²) in [7, 11) is 0. The number of para-hydroxylation sites is 1. The predicted octanol–water partition coefficient (Wildman–Crippen LogP) is 4.10. The fourth-order valence-electron chi connectivity index (χ4n) is 2.26. The molecule has 0 saturated carbocycles. The van der Waals surface area contributed by atoms with Gasteiger partial charge >= 0.3 is 0 Å². The number of amides is 1. The average Bonchev–Trinajstić information content (AvgIpc) is 2.57. The predicted molar refractivity (Wildman–Crippen MR) is 93.1 cm³/mol. The van der Waals surface area contributed by atoms with E-state index in [4.69, 9.17) is 20.8 Å². The highest BCUT2D eigenvalue weighted by atomic mass is 35.5. The van der Waals surface area contributed by atoms with Gasteiger partial charge in [0, 0.05) is 11.8 Å². The van der Waals surface area contributed by atoms with Crippen LogP contribution in [0.4, 0.5) is 5.69 Å². The smallest absolute Gasteiger partial charge is 0.291 e. The number of halogens is 1. The quantitative estimate of drug-likeness (QED) is 0.774. The third-order valence-electron chi connectivity index (χ3n) is 3.35. The Balaban J connectivity index is 1.87. The zero-order valence-electron chi connectivity index (χ0n) is 12.8. The fraction of sp³-hybridized carbons (Fsp3) is 0.111. The first kappa shape index (κ1) is 16.1. The summed E-state index contributed by atoms with van der Waals surface area (Å²) in [5.41, 5.74) is 0.566. The highest BCUT2D eigenvalue weighted by molar-refractivity contribution is 6.32. The molecule has 2 aromatic carbocycles. The number of hydrogen-bond acceptors (Lipinski definition) is 4. The SMILES string of the molecule is CCOc1ccc(NC(=O)c2cc(=O)c3ccccc3o2)cc1Cl. The molecule has 0 bridgehead atoms. The Bertz CT molecular complexity index is 965. The molecular weight excluding hydrogens is 330 g/mol. The van der Waals surface area contributed by atoms with Crippen molar-refractivity contribution in [2.45, 2.75) is 6.92 Å². The zero-order valence-corrected chi connectivity index (χ0v) is 13.6. The first-order chi connectivity index (χ1) is 11.6. The van der Waals surface area contributed by atoms with Crippen LogP contribution in [0.2, 0.25) is 5.02 Å². The van der Waals surface area contributed by atoms with Gasteiger partial charge in [-0.25, -0.2) is 0 Å². The Morgan fingerprint density at radius 2 is 2.00 bits per heavy atom. The van der Waals surface area contributed by atoms with Crippen molar-refractivity contribution in [3.63, 3.8) is 0 Å². The second-order valence-electron chi connectivity index (χ2n) is 5.00. The number of ether oxygens (including phenoxy) is 1. The normalized spacial score (nSPS) is 10.6. The van der Waals surface area contributed by atoms with E-state index in [0.717, 1.165) is 0 Å². The number of hydrogen-bond donors (Lipinski definition) is 1. The van der Waals surface area contributed by atoms with Gasteiger partial charge in [0.05, 0.1) is 17.0 Å². The number of fused-ring (bicyclic) bond motifs is 1. The second kappa shape index (κ2) is 6.76. The fourth-order valence-corrected chi connectivity index (χ4v) is 2.49. The third-order valence-corrected chi connectivity index (χ3v) is 3.64. The van der Waals surface area contributed by atoms with Crippen molar-refractivity contribution >= 4 is 34.2 Å². The van der Waals surface area contributed by atoms with Gasteiger partial charge in [-0.05, 0) is 37.3 Å². The number of carbonyl (C=O) groups excluding carboxylic acids is 1. The van der Waals surface area contributed by atoms with E-state index in [1.807, 2.05) is 6.92 Å². The Kier molecular flexibility index (Phi) is 4.53. The van der Waals surface area contributed by atoms with Gasteiger partial charge in [-0.2, -0.15) is 0 Å². The molecule has 3 rings (SSSR count). The van der Waals surface area contributed by atoms with Gasteiger partial charge in [0.2, 0.25) is 0 Å². The number of anilines is 1. The van der Waals surface area contributed by atoms with Gasteiger partial charge < -0.3 is 14.5 Å². The highest BCUT2D eigenvalue weighted by Gasteiger charge is 2.13. The van der Waals surface area contributed by atoms with Crippen LogP contribution in [0.1, 0.15) is 17.5 Å². The molecule has 0 aliphatic heterocycles. The molecule has 1 heterocycles. The minimum Gasteiger partial charge on any atom is -0.492 e. The van der Waals surface area contributed by atoms with E-state index in [1.54, 1.807) is 42.5 Å². The molecule has 0 aliphatic rings. The molecule has 0 fully saturated rings. The lowest BCUT2D eigenvalue weighted by molar-refractivity contribution is 0.0997. The summed E-state index contributed by atoms with van der Waals surface area (Å²) in [5, 5.41) is 3.46. The van der Waals surface area contributed by atoms with Crippen LogP contribution in [0.3, 0.4) is 0 Å². The van der Waals surface area contributed by atoms with Crippen LogP contribution in [0.25, 0.3) is 11.0 Å². The minimum atomic E-state index is -0.530. The van der Waals surface area contributed by atoms with E-state index in [2.05, 4.69) is 5.32 Å². The number of benzene rings is 2. The minimum absolute atomic E-state index is 0.0660. The third kappa shape index (κ3) is 3.26. The van der Waals surface area contributed by atoms with Crippen LogP contribution in [0.5, 0.6) is 5.75 Å². The molecule has 24 heavy (non-hydrogen) atoms. The van der Waals surface area contributed by atoms with Crippen molar-refractivity contribution in [2.75, 3.05) is 11.9 Å². The van der Waals surface area contributed by atoms with Crippen molar-refractivity contribution in [2.24, 2.45) is 0 Å². The van der Waals surface area contributed by atoms with Gasteiger partial charge in [-0.15, -0.1) is 0 Å². The van der Waals surface area contributed by atoms with Crippen molar-refractivity contribution in [3.05, 3.63) is 69.5 Å². The van der Waals surface area contributed by atoms with E-state index >= 15 is 0 Å². The summed E-state index contributed by atoms with van der Waals surface area (Å²) >= 11 is 6.09. The molecule has 1 N–H and O–H groups in total. The first-order valence-corrected chi connectivity index (χ1v) is 7.73. The van der Waals surface area contributed by atoms with Crippen molar-refractivity contribution < 1.29 is 13.9 Å². The summed E-state index contributed by atoms with van der Waals surface area (Å²) in [6, 6.07) is 12.8. The summed E-state index contributed by atoms with van der Waals surface area (Å²) in [5.74, 6) is -0.0591. The summed E-state index contributed by atoms with van der Waals surface area (Å²) in [4.78, 5) is 24.4. The highest BCUT2D eigenvalue weighted by Crippen LogP contribution is 2.28. The lowest BCUT2D eigenvalue weighted by atomic mass is 10.2. The average molecular weight is 344 g/mol. The molecule has 0 atom stereocenters. The van der Waals surface area contributed by atoms with E-state index < -0.39 is 5.91 Å². The van der Waals surface area contributed by atoms with E-state index in [0.29, 0.717) is 34.0 Å². The summed E-state index contributed by atoms with van der Waals surface area (Å²) < 4.78 is 10.8. The maximum atomic E-state index is 12.3. The van der Waals surface area contributed by atoms with Crippen LogP contribution in [0.15, 0.2) is 57.7 Å². The number of carbonyl (C=O) groups is 1.